The molecule has 3 nitrogen and oxygen atoms in total. The molecule has 0 radical (unpaired) electrons. The van der Waals surface area contributed by atoms with Gasteiger partial charge in [0.15, 0.2) is 0 Å². The molecule has 2 heterocycles. The fourth-order valence-corrected chi connectivity index (χ4v) is 3.62. The van der Waals surface area contributed by atoms with Crippen LogP contribution in [-0.2, 0) is 4.74 Å². The van der Waals surface area contributed by atoms with E-state index < -0.39 is 0 Å². The summed E-state index contributed by atoms with van der Waals surface area (Å²) in [5.41, 5.74) is 0.354. The Morgan fingerprint density at radius 3 is 2.89 bits per heavy atom. The third kappa shape index (κ3) is 4.44. The zero-order valence-electron chi connectivity index (χ0n) is 12.9. The molecule has 3 heteroatoms. The molecular formula is C16H32N2O. The van der Waals surface area contributed by atoms with Gasteiger partial charge in [0.2, 0.25) is 0 Å². The monoisotopic (exact) mass is 268 g/mol. The highest BCUT2D eigenvalue weighted by Crippen LogP contribution is 2.31. The van der Waals surface area contributed by atoms with Crippen LogP contribution < -0.4 is 5.32 Å². The van der Waals surface area contributed by atoms with Gasteiger partial charge in [-0.05, 0) is 45.7 Å². The van der Waals surface area contributed by atoms with E-state index in [0.717, 1.165) is 32.3 Å². The summed E-state index contributed by atoms with van der Waals surface area (Å²) < 4.78 is 5.82. The minimum Gasteiger partial charge on any atom is -0.381 e. The quantitative estimate of drug-likeness (QED) is 0.829. The Balaban J connectivity index is 1.97. The highest BCUT2D eigenvalue weighted by atomic mass is 16.5. The fraction of sp³-hybridized carbons (Fsp3) is 1.00. The van der Waals surface area contributed by atoms with Crippen LogP contribution in [0.3, 0.4) is 0 Å². The number of likely N-dealkylation sites (tertiary alicyclic amines) is 1. The standard InChI is InChI=1S/C16H32N2O/c1-3-17-12-16(9-7-11-19-14-16)13-18-10-6-4-5-8-15(18)2/h15,17H,3-14H2,1-2H3. The molecule has 2 unspecified atom stereocenters. The highest BCUT2D eigenvalue weighted by molar-refractivity contribution is 4.89. The zero-order chi connectivity index (χ0) is 13.6. The van der Waals surface area contributed by atoms with Gasteiger partial charge < -0.3 is 10.1 Å². The van der Waals surface area contributed by atoms with Crippen LogP contribution in [0.1, 0.15) is 52.4 Å². The van der Waals surface area contributed by atoms with Crippen molar-refractivity contribution in [3.8, 4) is 0 Å². The van der Waals surface area contributed by atoms with Crippen molar-refractivity contribution in [2.75, 3.05) is 39.4 Å². The second-order valence-corrected chi connectivity index (χ2v) is 6.61. The molecule has 0 bridgehead atoms. The van der Waals surface area contributed by atoms with Gasteiger partial charge in [-0.2, -0.15) is 0 Å². The lowest BCUT2D eigenvalue weighted by molar-refractivity contribution is -0.0312. The highest BCUT2D eigenvalue weighted by Gasteiger charge is 2.35. The smallest absolute Gasteiger partial charge is 0.0546 e. The predicted molar refractivity (Wildman–Crippen MR) is 80.5 cm³/mol. The summed E-state index contributed by atoms with van der Waals surface area (Å²) in [5, 5.41) is 3.57. The summed E-state index contributed by atoms with van der Waals surface area (Å²) >= 11 is 0. The average Bonchev–Trinajstić information content (AvgIpc) is 2.63. The molecule has 19 heavy (non-hydrogen) atoms. The molecule has 0 aromatic heterocycles. The van der Waals surface area contributed by atoms with E-state index in [1.54, 1.807) is 0 Å². The summed E-state index contributed by atoms with van der Waals surface area (Å²) in [7, 11) is 0. The second-order valence-electron chi connectivity index (χ2n) is 6.61. The van der Waals surface area contributed by atoms with Crippen LogP contribution in [-0.4, -0.2) is 50.3 Å². The number of hydrogen-bond donors (Lipinski definition) is 1. The normalized spacial score (nSPS) is 34.1. The van der Waals surface area contributed by atoms with Crippen LogP contribution in [0, 0.1) is 5.41 Å². The van der Waals surface area contributed by atoms with E-state index in [2.05, 4.69) is 24.1 Å². The maximum Gasteiger partial charge on any atom is 0.0546 e. The molecular weight excluding hydrogens is 236 g/mol. The first-order valence-electron chi connectivity index (χ1n) is 8.28. The summed E-state index contributed by atoms with van der Waals surface area (Å²) in [4.78, 5) is 2.74. The first-order valence-corrected chi connectivity index (χ1v) is 8.28. The third-order valence-corrected chi connectivity index (χ3v) is 4.88. The first kappa shape index (κ1) is 15.3. The molecule has 0 amide bonds. The second kappa shape index (κ2) is 7.61. The Labute approximate surface area is 119 Å². The Kier molecular flexibility index (Phi) is 6.11. The number of ether oxygens (including phenoxy) is 1. The summed E-state index contributed by atoms with van der Waals surface area (Å²) in [6.07, 6.45) is 8.13. The lowest BCUT2D eigenvalue weighted by Gasteiger charge is -2.42. The molecule has 2 atom stereocenters. The van der Waals surface area contributed by atoms with E-state index in [0.29, 0.717) is 5.41 Å². The molecule has 2 fully saturated rings. The SMILES string of the molecule is CCNCC1(CN2CCCCCC2C)CCCOC1. The van der Waals surface area contributed by atoms with E-state index in [9.17, 15) is 0 Å². The van der Waals surface area contributed by atoms with Gasteiger partial charge in [-0.1, -0.05) is 19.8 Å². The average molecular weight is 268 g/mol. The molecule has 0 aromatic carbocycles. The number of nitrogens with zero attached hydrogens (tertiary/aromatic N) is 1. The van der Waals surface area contributed by atoms with Crippen LogP contribution in [0.4, 0.5) is 0 Å². The van der Waals surface area contributed by atoms with Gasteiger partial charge in [-0.15, -0.1) is 0 Å². The predicted octanol–water partition coefficient (Wildman–Crippen LogP) is 2.66. The van der Waals surface area contributed by atoms with E-state index in [4.69, 9.17) is 4.74 Å². The summed E-state index contributed by atoms with van der Waals surface area (Å²) in [5.74, 6) is 0. The fourth-order valence-electron chi connectivity index (χ4n) is 3.62. The van der Waals surface area contributed by atoms with Gasteiger partial charge >= 0.3 is 0 Å². The molecule has 0 saturated carbocycles. The first-order chi connectivity index (χ1) is 9.26. The van der Waals surface area contributed by atoms with Gasteiger partial charge in [0, 0.05) is 31.2 Å². The molecule has 2 aliphatic heterocycles. The lowest BCUT2D eigenvalue weighted by Crippen LogP contribution is -2.51. The molecule has 112 valence electrons. The van der Waals surface area contributed by atoms with Crippen molar-refractivity contribution in [2.45, 2.75) is 58.4 Å². The minimum atomic E-state index is 0.354. The molecule has 2 aliphatic rings. The Hall–Kier alpha value is -0.120. The van der Waals surface area contributed by atoms with Gasteiger partial charge in [0.25, 0.3) is 0 Å². The molecule has 2 saturated heterocycles. The van der Waals surface area contributed by atoms with Crippen LogP contribution in [0.25, 0.3) is 0 Å². The van der Waals surface area contributed by atoms with Crippen molar-refractivity contribution in [2.24, 2.45) is 5.41 Å². The van der Waals surface area contributed by atoms with Crippen molar-refractivity contribution in [1.82, 2.24) is 10.2 Å². The van der Waals surface area contributed by atoms with Crippen molar-refractivity contribution < 1.29 is 4.74 Å². The molecule has 1 N–H and O–H groups in total. The van der Waals surface area contributed by atoms with Gasteiger partial charge in [-0.3, -0.25) is 4.90 Å². The molecule has 0 aliphatic carbocycles. The topological polar surface area (TPSA) is 24.5 Å². The zero-order valence-corrected chi connectivity index (χ0v) is 12.9. The van der Waals surface area contributed by atoms with E-state index in [1.807, 2.05) is 0 Å². The Morgan fingerprint density at radius 2 is 2.16 bits per heavy atom. The molecule has 0 spiro atoms. The summed E-state index contributed by atoms with van der Waals surface area (Å²) in [6, 6.07) is 0.753. The lowest BCUT2D eigenvalue weighted by atomic mass is 9.81. The van der Waals surface area contributed by atoms with Crippen molar-refractivity contribution in [3.05, 3.63) is 0 Å². The van der Waals surface area contributed by atoms with Crippen molar-refractivity contribution in [3.63, 3.8) is 0 Å². The number of rotatable bonds is 5. The van der Waals surface area contributed by atoms with E-state index >= 15 is 0 Å². The minimum absolute atomic E-state index is 0.354. The van der Waals surface area contributed by atoms with Crippen LogP contribution in [0.2, 0.25) is 0 Å². The Morgan fingerprint density at radius 1 is 1.26 bits per heavy atom. The third-order valence-electron chi connectivity index (χ3n) is 4.88. The molecule has 2 rings (SSSR count). The van der Waals surface area contributed by atoms with E-state index in [1.165, 1.54) is 51.6 Å². The van der Waals surface area contributed by atoms with Crippen molar-refractivity contribution in [1.29, 1.82) is 0 Å². The van der Waals surface area contributed by atoms with E-state index in [-0.39, 0.29) is 0 Å². The van der Waals surface area contributed by atoms with Gasteiger partial charge in [0.05, 0.1) is 6.61 Å². The van der Waals surface area contributed by atoms with Crippen LogP contribution in [0.5, 0.6) is 0 Å². The van der Waals surface area contributed by atoms with Crippen LogP contribution >= 0.6 is 0 Å². The number of nitrogens with one attached hydrogen (secondary N) is 1. The molecule has 0 aromatic rings. The van der Waals surface area contributed by atoms with Crippen LogP contribution in [0.15, 0.2) is 0 Å². The Bertz CT molecular complexity index is 251. The number of hydrogen-bond acceptors (Lipinski definition) is 3. The maximum absolute atomic E-state index is 5.82. The largest absolute Gasteiger partial charge is 0.381 e. The van der Waals surface area contributed by atoms with Crippen molar-refractivity contribution >= 4 is 0 Å². The van der Waals surface area contributed by atoms with Gasteiger partial charge in [0.1, 0.15) is 0 Å². The summed E-state index contributed by atoms with van der Waals surface area (Å²) in [6.45, 7) is 11.2. The van der Waals surface area contributed by atoms with Gasteiger partial charge in [-0.25, -0.2) is 0 Å². The maximum atomic E-state index is 5.82.